The van der Waals surface area contributed by atoms with Crippen LogP contribution in [0.15, 0.2) is 29.6 Å². The smallest absolute Gasteiger partial charge is 0.339 e. The topological polar surface area (TPSA) is 71.5 Å². The molecule has 0 radical (unpaired) electrons. The summed E-state index contributed by atoms with van der Waals surface area (Å²) in [5.41, 5.74) is 2.31. The third-order valence-corrected chi connectivity index (χ3v) is 6.01. The molecule has 4 rings (SSSR count). The molecule has 0 spiro atoms. The molecule has 7 heteroatoms. The molecule has 1 atom stereocenters. The van der Waals surface area contributed by atoms with Crippen molar-refractivity contribution in [1.29, 1.82) is 0 Å². The number of amides is 1. The van der Waals surface area contributed by atoms with Crippen LogP contribution in [0.2, 0.25) is 0 Å². The third kappa shape index (κ3) is 4.20. The Morgan fingerprint density at radius 2 is 2.11 bits per heavy atom. The van der Waals surface area contributed by atoms with Gasteiger partial charge >= 0.3 is 5.97 Å². The summed E-state index contributed by atoms with van der Waals surface area (Å²) in [5, 5.41) is 5.43. The van der Waals surface area contributed by atoms with Gasteiger partial charge in [0.15, 0.2) is 5.13 Å². The number of rotatable bonds is 5. The number of aromatic nitrogens is 1. The van der Waals surface area contributed by atoms with Crippen LogP contribution >= 0.6 is 11.3 Å². The number of nitrogens with one attached hydrogen (secondary N) is 1. The molecule has 0 bridgehead atoms. The van der Waals surface area contributed by atoms with Crippen LogP contribution in [0.25, 0.3) is 0 Å². The van der Waals surface area contributed by atoms with Gasteiger partial charge < -0.3 is 10.1 Å². The molecule has 2 aromatic rings. The minimum atomic E-state index is -0.525. The highest BCUT2D eigenvalue weighted by Gasteiger charge is 2.32. The molecule has 1 saturated heterocycles. The van der Waals surface area contributed by atoms with Crippen LogP contribution in [0.3, 0.4) is 0 Å². The Morgan fingerprint density at radius 3 is 2.93 bits per heavy atom. The summed E-state index contributed by atoms with van der Waals surface area (Å²) in [6.07, 6.45) is 2.04. The molecule has 1 N–H and O–H groups in total. The quantitative estimate of drug-likeness (QED) is 0.796. The average molecular weight is 385 g/mol. The number of carbonyl (C=O) groups excluding carboxylic acids is 2. The van der Waals surface area contributed by atoms with Crippen LogP contribution in [0.5, 0.6) is 0 Å². The second-order valence-corrected chi connectivity index (χ2v) is 8.19. The van der Waals surface area contributed by atoms with E-state index in [9.17, 15) is 9.59 Å². The van der Waals surface area contributed by atoms with Crippen molar-refractivity contribution < 1.29 is 14.3 Å². The van der Waals surface area contributed by atoms with Gasteiger partial charge in [0.05, 0.1) is 17.7 Å². The molecule has 27 heavy (non-hydrogen) atoms. The number of benzene rings is 1. The number of esters is 1. The minimum absolute atomic E-state index is 0.0989. The number of likely N-dealkylation sites (tertiary alicyclic amines) is 1. The summed E-state index contributed by atoms with van der Waals surface area (Å²) in [7, 11) is 0. The molecule has 1 fully saturated rings. The van der Waals surface area contributed by atoms with Crippen molar-refractivity contribution in [2.45, 2.75) is 38.8 Å². The number of piperidine rings is 1. The maximum Gasteiger partial charge on any atom is 0.339 e. The largest absolute Gasteiger partial charge is 0.453 e. The Kier molecular flexibility index (Phi) is 5.22. The van der Waals surface area contributed by atoms with E-state index in [-0.39, 0.29) is 18.3 Å². The van der Waals surface area contributed by atoms with Gasteiger partial charge in [0, 0.05) is 17.5 Å². The first-order valence-corrected chi connectivity index (χ1v) is 10.2. The monoisotopic (exact) mass is 385 g/mol. The van der Waals surface area contributed by atoms with Crippen molar-refractivity contribution in [3.63, 3.8) is 0 Å². The van der Waals surface area contributed by atoms with Gasteiger partial charge in [-0.3, -0.25) is 9.69 Å². The van der Waals surface area contributed by atoms with Gasteiger partial charge in [0.1, 0.15) is 6.10 Å². The lowest BCUT2D eigenvalue weighted by molar-refractivity contribution is -0.118. The number of fused-ring (bicyclic) bond motifs is 1. The average Bonchev–Trinajstić information content (AvgIpc) is 3.22. The van der Waals surface area contributed by atoms with Crippen LogP contribution in [-0.2, 0) is 16.1 Å². The first kappa shape index (κ1) is 18.1. The van der Waals surface area contributed by atoms with E-state index in [1.807, 2.05) is 17.5 Å². The van der Waals surface area contributed by atoms with Gasteiger partial charge in [-0.15, -0.1) is 11.3 Å². The fourth-order valence-electron chi connectivity index (χ4n) is 3.60. The molecule has 2 aliphatic heterocycles. The van der Waals surface area contributed by atoms with Crippen LogP contribution in [-0.4, -0.2) is 34.8 Å². The molecular weight excluding hydrogens is 362 g/mol. The van der Waals surface area contributed by atoms with Crippen LogP contribution in [0.1, 0.15) is 53.9 Å². The van der Waals surface area contributed by atoms with E-state index in [4.69, 9.17) is 4.74 Å². The Labute approximate surface area is 162 Å². The first-order chi connectivity index (χ1) is 13.1. The van der Waals surface area contributed by atoms with Gasteiger partial charge in [-0.05, 0) is 37.9 Å². The molecule has 1 aromatic heterocycles. The number of cyclic esters (lactones) is 1. The Bertz CT molecular complexity index is 843. The molecule has 0 unspecified atom stereocenters. The Morgan fingerprint density at radius 1 is 1.33 bits per heavy atom. The maximum atomic E-state index is 12.4. The van der Waals surface area contributed by atoms with Gasteiger partial charge in [-0.25, -0.2) is 9.78 Å². The molecule has 1 amide bonds. The highest BCUT2D eigenvalue weighted by Crippen LogP contribution is 2.33. The maximum absolute atomic E-state index is 12.4. The zero-order valence-corrected chi connectivity index (χ0v) is 16.1. The lowest BCUT2D eigenvalue weighted by Gasteiger charge is -2.29. The molecule has 2 aliphatic rings. The summed E-state index contributed by atoms with van der Waals surface area (Å²) in [4.78, 5) is 31.2. The lowest BCUT2D eigenvalue weighted by atomic mass is 9.99. The number of hydrogen-bond donors (Lipinski definition) is 1. The van der Waals surface area contributed by atoms with E-state index in [0.29, 0.717) is 10.7 Å². The highest BCUT2D eigenvalue weighted by atomic mass is 32.1. The van der Waals surface area contributed by atoms with Crippen molar-refractivity contribution in [3.8, 4) is 0 Å². The number of hydrogen-bond acceptors (Lipinski definition) is 6. The molecule has 1 aromatic carbocycles. The van der Waals surface area contributed by atoms with Crippen LogP contribution < -0.4 is 5.32 Å². The van der Waals surface area contributed by atoms with Gasteiger partial charge in [-0.1, -0.05) is 25.1 Å². The fraction of sp³-hybridized carbons (Fsp3) is 0.450. The van der Waals surface area contributed by atoms with Gasteiger partial charge in [-0.2, -0.15) is 0 Å². The number of nitrogens with zero attached hydrogens (tertiary/aromatic N) is 2. The number of anilines is 1. The summed E-state index contributed by atoms with van der Waals surface area (Å²) in [6, 6.07) is 7.20. The third-order valence-electron chi connectivity index (χ3n) is 5.21. The molecule has 3 heterocycles. The van der Waals surface area contributed by atoms with Crippen molar-refractivity contribution in [3.05, 3.63) is 46.5 Å². The van der Waals surface area contributed by atoms with E-state index in [2.05, 4.69) is 22.1 Å². The fourth-order valence-corrected chi connectivity index (χ4v) is 4.31. The van der Waals surface area contributed by atoms with Crippen molar-refractivity contribution in [2.75, 3.05) is 18.4 Å². The molecule has 6 nitrogen and oxygen atoms in total. The second-order valence-electron chi connectivity index (χ2n) is 7.34. The predicted octanol–water partition coefficient (Wildman–Crippen LogP) is 3.62. The van der Waals surface area contributed by atoms with Crippen LogP contribution in [0.4, 0.5) is 5.13 Å². The van der Waals surface area contributed by atoms with Gasteiger partial charge in [0.25, 0.3) is 0 Å². The summed E-state index contributed by atoms with van der Waals surface area (Å²) < 4.78 is 5.33. The zero-order valence-electron chi connectivity index (χ0n) is 15.3. The van der Waals surface area contributed by atoms with E-state index >= 15 is 0 Å². The normalized spacial score (nSPS) is 20.3. The van der Waals surface area contributed by atoms with E-state index < -0.39 is 6.10 Å². The standard InChI is InChI=1S/C20H23N3O3S/c1-13-6-8-23(9-7-13)11-14-12-27-20(21-14)22-18(24)10-17-15-4-2-3-5-16(15)19(25)26-17/h2-5,12-13,17H,6-11H2,1H3,(H,21,22,24)/t17-/m1/s1. The summed E-state index contributed by atoms with van der Waals surface area (Å²) in [6.45, 7) is 5.33. The SMILES string of the molecule is CC1CCN(Cc2csc(NC(=O)C[C@H]3OC(=O)c4ccccc43)n2)CC1. The van der Waals surface area contributed by atoms with Crippen molar-refractivity contribution in [1.82, 2.24) is 9.88 Å². The molecule has 142 valence electrons. The Hall–Kier alpha value is -2.25. The highest BCUT2D eigenvalue weighted by molar-refractivity contribution is 7.13. The number of thiazole rings is 1. The minimum Gasteiger partial charge on any atom is -0.453 e. The predicted molar refractivity (Wildman–Crippen MR) is 104 cm³/mol. The zero-order chi connectivity index (χ0) is 18.8. The number of carbonyl (C=O) groups is 2. The van der Waals surface area contributed by atoms with Crippen molar-refractivity contribution in [2.24, 2.45) is 5.92 Å². The Balaban J connectivity index is 1.32. The number of ether oxygens (including phenoxy) is 1. The van der Waals surface area contributed by atoms with Crippen LogP contribution in [0, 0.1) is 5.92 Å². The summed E-state index contributed by atoms with van der Waals surface area (Å²) >= 11 is 1.43. The van der Waals surface area contributed by atoms with E-state index in [1.165, 1.54) is 24.2 Å². The van der Waals surface area contributed by atoms with Gasteiger partial charge in [0.2, 0.25) is 5.91 Å². The molecular formula is C20H23N3O3S. The molecule has 0 saturated carbocycles. The van der Waals surface area contributed by atoms with Crippen molar-refractivity contribution >= 4 is 28.3 Å². The summed E-state index contributed by atoms with van der Waals surface area (Å²) in [5.74, 6) is 0.245. The lowest BCUT2D eigenvalue weighted by Crippen LogP contribution is -2.32. The molecule has 0 aliphatic carbocycles. The first-order valence-electron chi connectivity index (χ1n) is 9.35. The van der Waals surface area contributed by atoms with E-state index in [0.717, 1.165) is 36.8 Å². The second kappa shape index (κ2) is 7.78. The van der Waals surface area contributed by atoms with E-state index in [1.54, 1.807) is 12.1 Å².